The van der Waals surface area contributed by atoms with Gasteiger partial charge in [0.05, 0.1) is 17.4 Å². The fourth-order valence-corrected chi connectivity index (χ4v) is 6.25. The van der Waals surface area contributed by atoms with Crippen molar-refractivity contribution in [3.63, 3.8) is 0 Å². The molecule has 0 radical (unpaired) electrons. The zero-order valence-electron chi connectivity index (χ0n) is 18.4. The molecular weight excluding hydrogens is 474 g/mol. The standard InChI is InChI=1S/C24H23N3O5S2/c1-16-10-12-27(13-11-16)34(29,30)18-8-6-17(7-9-18)23(28)26-24-25-21(19-4-2-14-31-19)22(33-24)20-5-3-15-32-20/h2-9,14-16H,10-13H2,1H3,(H,25,26,28). The van der Waals surface area contributed by atoms with E-state index in [0.717, 1.165) is 17.7 Å². The van der Waals surface area contributed by atoms with Gasteiger partial charge in [0.25, 0.3) is 5.91 Å². The highest BCUT2D eigenvalue weighted by Gasteiger charge is 2.28. The number of nitrogens with one attached hydrogen (secondary N) is 1. The molecule has 4 aromatic rings. The zero-order valence-corrected chi connectivity index (χ0v) is 20.1. The van der Waals surface area contributed by atoms with Crippen LogP contribution in [0.3, 0.4) is 0 Å². The van der Waals surface area contributed by atoms with Crippen LogP contribution < -0.4 is 5.32 Å². The van der Waals surface area contributed by atoms with E-state index in [1.54, 1.807) is 30.7 Å². The molecule has 10 heteroatoms. The number of benzene rings is 1. The van der Waals surface area contributed by atoms with Gasteiger partial charge in [-0.05, 0) is 67.3 Å². The predicted octanol–water partition coefficient (Wildman–Crippen LogP) is 5.34. The summed E-state index contributed by atoms with van der Waals surface area (Å²) in [5, 5.41) is 3.17. The van der Waals surface area contributed by atoms with E-state index < -0.39 is 10.0 Å². The van der Waals surface area contributed by atoms with E-state index in [4.69, 9.17) is 8.83 Å². The lowest BCUT2D eigenvalue weighted by Crippen LogP contribution is -2.37. The molecule has 3 aromatic heterocycles. The predicted molar refractivity (Wildman–Crippen MR) is 129 cm³/mol. The second-order valence-electron chi connectivity index (χ2n) is 8.22. The third kappa shape index (κ3) is 4.44. The second kappa shape index (κ2) is 9.21. The first-order valence-corrected chi connectivity index (χ1v) is 13.2. The molecule has 4 heterocycles. The van der Waals surface area contributed by atoms with Gasteiger partial charge in [0.15, 0.2) is 10.9 Å². The van der Waals surface area contributed by atoms with Crippen molar-refractivity contribution in [3.05, 3.63) is 66.6 Å². The molecule has 0 saturated carbocycles. The van der Waals surface area contributed by atoms with Crippen LogP contribution in [0.15, 0.2) is 74.8 Å². The van der Waals surface area contributed by atoms with Crippen LogP contribution in [0.4, 0.5) is 5.13 Å². The van der Waals surface area contributed by atoms with Crippen LogP contribution >= 0.6 is 11.3 Å². The van der Waals surface area contributed by atoms with Crippen molar-refractivity contribution in [3.8, 4) is 22.1 Å². The average molecular weight is 498 g/mol. The fraction of sp³-hybridized carbons (Fsp3) is 0.250. The molecular formula is C24H23N3O5S2. The Balaban J connectivity index is 1.35. The largest absolute Gasteiger partial charge is 0.463 e. The van der Waals surface area contributed by atoms with E-state index in [2.05, 4.69) is 17.2 Å². The number of rotatable bonds is 6. The lowest BCUT2D eigenvalue weighted by molar-refractivity contribution is 0.102. The number of thiazole rings is 1. The molecule has 1 aliphatic rings. The van der Waals surface area contributed by atoms with Crippen molar-refractivity contribution in [2.24, 2.45) is 5.92 Å². The molecule has 0 unspecified atom stereocenters. The van der Waals surface area contributed by atoms with Crippen LogP contribution in [0, 0.1) is 5.92 Å². The Labute approximate surface area is 201 Å². The molecule has 0 aliphatic carbocycles. The minimum atomic E-state index is -3.57. The smallest absolute Gasteiger partial charge is 0.257 e. The van der Waals surface area contributed by atoms with Crippen molar-refractivity contribution >= 4 is 32.4 Å². The quantitative estimate of drug-likeness (QED) is 0.386. The monoisotopic (exact) mass is 497 g/mol. The number of anilines is 1. The van der Waals surface area contributed by atoms with Gasteiger partial charge in [0.2, 0.25) is 10.0 Å². The average Bonchev–Trinajstić information content (AvgIpc) is 3.60. The molecule has 0 bridgehead atoms. The molecule has 1 aliphatic heterocycles. The minimum absolute atomic E-state index is 0.188. The first-order valence-electron chi connectivity index (χ1n) is 10.9. The summed E-state index contributed by atoms with van der Waals surface area (Å²) >= 11 is 1.27. The number of carbonyl (C=O) groups excluding carboxylic acids is 1. The molecule has 5 rings (SSSR count). The van der Waals surface area contributed by atoms with Crippen molar-refractivity contribution in [1.29, 1.82) is 0 Å². The number of amides is 1. The van der Waals surface area contributed by atoms with Crippen molar-refractivity contribution in [2.45, 2.75) is 24.7 Å². The van der Waals surface area contributed by atoms with E-state index in [1.807, 2.05) is 6.07 Å². The van der Waals surface area contributed by atoms with Crippen LogP contribution in [0.2, 0.25) is 0 Å². The molecule has 1 fully saturated rings. The highest BCUT2D eigenvalue weighted by atomic mass is 32.2. The third-order valence-electron chi connectivity index (χ3n) is 5.84. The molecule has 1 saturated heterocycles. The summed E-state index contributed by atoms with van der Waals surface area (Å²) in [6, 6.07) is 13.1. The summed E-state index contributed by atoms with van der Waals surface area (Å²) in [5.41, 5.74) is 0.901. The Bertz CT molecular complexity index is 1320. The Morgan fingerprint density at radius 3 is 2.29 bits per heavy atom. The van der Waals surface area contributed by atoms with Gasteiger partial charge in [-0.25, -0.2) is 13.4 Å². The third-order valence-corrected chi connectivity index (χ3v) is 8.74. The van der Waals surface area contributed by atoms with Crippen LogP contribution in [-0.2, 0) is 10.0 Å². The summed E-state index contributed by atoms with van der Waals surface area (Å²) in [4.78, 5) is 18.3. The Kier molecular flexibility index (Phi) is 6.11. The molecule has 8 nitrogen and oxygen atoms in total. The van der Waals surface area contributed by atoms with Crippen LogP contribution in [-0.4, -0.2) is 36.7 Å². The van der Waals surface area contributed by atoms with Gasteiger partial charge in [-0.15, -0.1) is 0 Å². The van der Waals surface area contributed by atoms with Crippen LogP contribution in [0.25, 0.3) is 22.1 Å². The molecule has 1 amide bonds. The maximum atomic E-state index is 12.9. The van der Waals surface area contributed by atoms with Gasteiger partial charge in [-0.2, -0.15) is 4.31 Å². The van der Waals surface area contributed by atoms with E-state index in [0.29, 0.717) is 46.9 Å². The number of sulfonamides is 1. The number of hydrogen-bond donors (Lipinski definition) is 1. The van der Waals surface area contributed by atoms with E-state index >= 15 is 0 Å². The lowest BCUT2D eigenvalue weighted by atomic mass is 10.0. The second-order valence-corrected chi connectivity index (χ2v) is 11.2. The Morgan fingerprint density at radius 1 is 1.03 bits per heavy atom. The lowest BCUT2D eigenvalue weighted by Gasteiger charge is -2.29. The van der Waals surface area contributed by atoms with Crippen LogP contribution in [0.1, 0.15) is 30.1 Å². The van der Waals surface area contributed by atoms with Crippen molar-refractivity contribution in [2.75, 3.05) is 18.4 Å². The molecule has 0 atom stereocenters. The van der Waals surface area contributed by atoms with E-state index in [-0.39, 0.29) is 10.8 Å². The number of aromatic nitrogens is 1. The fourth-order valence-electron chi connectivity index (χ4n) is 3.85. The molecule has 1 N–H and O–H groups in total. The van der Waals surface area contributed by atoms with Crippen molar-refractivity contribution < 1.29 is 22.0 Å². The number of furan rings is 2. The number of piperidine rings is 1. The topological polar surface area (TPSA) is 106 Å². The molecule has 176 valence electrons. The van der Waals surface area contributed by atoms with Gasteiger partial charge in [0, 0.05) is 18.7 Å². The molecule has 1 aromatic carbocycles. The Hall–Kier alpha value is -3.21. The summed E-state index contributed by atoms with van der Waals surface area (Å²) in [6.45, 7) is 3.17. The molecule has 0 spiro atoms. The SMILES string of the molecule is CC1CCN(S(=O)(=O)c2ccc(C(=O)Nc3nc(-c4ccco4)c(-c4ccco4)s3)cc2)CC1. The zero-order chi connectivity index (χ0) is 23.7. The van der Waals surface area contributed by atoms with E-state index in [9.17, 15) is 13.2 Å². The maximum absolute atomic E-state index is 12.9. The van der Waals surface area contributed by atoms with Gasteiger partial charge < -0.3 is 8.83 Å². The number of nitrogens with zero attached hydrogens (tertiary/aromatic N) is 2. The van der Waals surface area contributed by atoms with Gasteiger partial charge in [0.1, 0.15) is 16.3 Å². The highest BCUT2D eigenvalue weighted by molar-refractivity contribution is 7.89. The van der Waals surface area contributed by atoms with Crippen molar-refractivity contribution in [1.82, 2.24) is 9.29 Å². The first-order chi connectivity index (χ1) is 16.4. The van der Waals surface area contributed by atoms with Gasteiger partial charge in [-0.1, -0.05) is 18.3 Å². The minimum Gasteiger partial charge on any atom is -0.463 e. The summed E-state index contributed by atoms with van der Waals surface area (Å²) in [5.74, 6) is 1.32. The highest BCUT2D eigenvalue weighted by Crippen LogP contribution is 2.39. The number of carbonyl (C=O) groups is 1. The van der Waals surface area contributed by atoms with Gasteiger partial charge >= 0.3 is 0 Å². The first kappa shape index (κ1) is 22.6. The maximum Gasteiger partial charge on any atom is 0.257 e. The van der Waals surface area contributed by atoms with Gasteiger partial charge in [-0.3, -0.25) is 10.1 Å². The molecule has 34 heavy (non-hydrogen) atoms. The van der Waals surface area contributed by atoms with E-state index in [1.165, 1.54) is 39.9 Å². The summed E-state index contributed by atoms with van der Waals surface area (Å²) < 4.78 is 38.4. The summed E-state index contributed by atoms with van der Waals surface area (Å²) in [7, 11) is -3.57. The Morgan fingerprint density at radius 2 is 1.68 bits per heavy atom. The van der Waals surface area contributed by atoms with Crippen LogP contribution in [0.5, 0.6) is 0 Å². The summed E-state index contributed by atoms with van der Waals surface area (Å²) in [6.07, 6.45) is 4.83. The number of hydrogen-bond acceptors (Lipinski definition) is 7. The normalized spacial score (nSPS) is 15.4.